The molecule has 4 heterocycles. The lowest BCUT2D eigenvalue weighted by molar-refractivity contribution is -0.141. The second kappa shape index (κ2) is 10.6. The number of piperidine rings is 2. The number of hydrogen-bond acceptors (Lipinski definition) is 7. The van der Waals surface area contributed by atoms with Gasteiger partial charge in [-0.05, 0) is 43.7 Å². The molecule has 0 radical (unpaired) electrons. The number of aliphatic imine (C=N–C) groups is 1. The highest BCUT2D eigenvalue weighted by Crippen LogP contribution is 2.35. The number of oxazole rings is 1. The van der Waals surface area contributed by atoms with Crippen molar-refractivity contribution in [1.82, 2.24) is 15.2 Å². The molecular weight excluding hydrogens is 499 g/mol. The van der Waals surface area contributed by atoms with Crippen LogP contribution >= 0.6 is 0 Å². The first-order valence-electron chi connectivity index (χ1n) is 12.8. The summed E-state index contributed by atoms with van der Waals surface area (Å²) in [4.78, 5) is 24.7. The molecule has 2 aromatic rings. The van der Waals surface area contributed by atoms with Crippen LogP contribution in [0.5, 0.6) is 0 Å². The number of likely N-dealkylation sites (tertiary alicyclic amines) is 1. The van der Waals surface area contributed by atoms with Gasteiger partial charge in [0, 0.05) is 32.6 Å². The topological polar surface area (TPSA) is 94.2 Å². The average molecular weight is 530 g/mol. The van der Waals surface area contributed by atoms with Gasteiger partial charge in [0.25, 0.3) is 11.9 Å². The van der Waals surface area contributed by atoms with Gasteiger partial charge in [-0.1, -0.05) is 36.4 Å². The summed E-state index contributed by atoms with van der Waals surface area (Å²) in [5.74, 6) is -1.14. The highest BCUT2D eigenvalue weighted by atomic mass is 19.4. The molecular formula is C27H30F3N5O3. The third-order valence-electron chi connectivity index (χ3n) is 7.19. The molecule has 202 valence electrons. The Morgan fingerprint density at radius 1 is 1.03 bits per heavy atom. The summed E-state index contributed by atoms with van der Waals surface area (Å²) < 4.78 is 46.3. The number of aliphatic hydroxyl groups is 1. The van der Waals surface area contributed by atoms with E-state index < -0.39 is 29.1 Å². The standard InChI is InChI=1S/C27H30F3N5O3/c28-27(29,30)23-22(38-25(33-23)35-14-5-2-6-15-35)24(36)32-20-10-7-11-21(31-18-20)34-16-12-26(37,13-17-34)19-8-3-1-4-9-19/h1,3-4,7-10,18,37H,2,5-6,11-17H2,(H,32,36). The fourth-order valence-electron chi connectivity index (χ4n) is 5.05. The van der Waals surface area contributed by atoms with Gasteiger partial charge in [0.1, 0.15) is 5.84 Å². The fourth-order valence-corrected chi connectivity index (χ4v) is 5.05. The van der Waals surface area contributed by atoms with E-state index in [0.717, 1.165) is 30.7 Å². The Hall–Kier alpha value is -3.60. The summed E-state index contributed by atoms with van der Waals surface area (Å²) in [5.41, 5.74) is -1.10. The number of amidine groups is 1. The van der Waals surface area contributed by atoms with Crippen LogP contribution in [0, 0.1) is 0 Å². The van der Waals surface area contributed by atoms with Crippen LogP contribution in [-0.4, -0.2) is 52.9 Å². The van der Waals surface area contributed by atoms with E-state index in [2.05, 4.69) is 20.2 Å². The Morgan fingerprint density at radius 2 is 1.74 bits per heavy atom. The number of rotatable bonds is 4. The Labute approximate surface area is 218 Å². The van der Waals surface area contributed by atoms with Crippen molar-refractivity contribution in [2.75, 3.05) is 31.1 Å². The summed E-state index contributed by atoms with van der Waals surface area (Å²) in [7, 11) is 0. The Balaban J connectivity index is 1.27. The van der Waals surface area contributed by atoms with E-state index in [9.17, 15) is 23.1 Å². The molecule has 38 heavy (non-hydrogen) atoms. The largest absolute Gasteiger partial charge is 0.437 e. The highest BCUT2D eigenvalue weighted by molar-refractivity contribution is 5.94. The number of carbonyl (C=O) groups excluding carboxylic acids is 1. The molecule has 3 aliphatic heterocycles. The number of nitrogens with zero attached hydrogens (tertiary/aromatic N) is 4. The molecule has 8 nitrogen and oxygen atoms in total. The zero-order chi connectivity index (χ0) is 26.8. The number of nitrogens with one attached hydrogen (secondary N) is 1. The SMILES string of the molecule is O=C(NC1=CN=C(N2CCC(O)(c3ccccc3)CC2)CC=C1)c1oc(N2CCCCC2)nc1C(F)(F)F. The minimum Gasteiger partial charge on any atom is -0.417 e. The molecule has 1 aromatic carbocycles. The van der Waals surface area contributed by atoms with Crippen molar-refractivity contribution in [3.63, 3.8) is 0 Å². The van der Waals surface area contributed by atoms with Gasteiger partial charge in [0.2, 0.25) is 5.76 Å². The van der Waals surface area contributed by atoms with E-state index in [0.29, 0.717) is 45.4 Å². The minimum absolute atomic E-state index is 0.187. The Morgan fingerprint density at radius 3 is 2.42 bits per heavy atom. The quantitative estimate of drug-likeness (QED) is 0.602. The van der Waals surface area contributed by atoms with Crippen LogP contribution in [-0.2, 0) is 11.8 Å². The van der Waals surface area contributed by atoms with Gasteiger partial charge in [-0.15, -0.1) is 0 Å². The molecule has 3 aliphatic rings. The second-order valence-corrected chi connectivity index (χ2v) is 9.79. The second-order valence-electron chi connectivity index (χ2n) is 9.79. The van der Waals surface area contributed by atoms with Gasteiger partial charge in [-0.3, -0.25) is 4.79 Å². The number of aromatic nitrogens is 1. The maximum Gasteiger partial charge on any atom is 0.437 e. The lowest BCUT2D eigenvalue weighted by Gasteiger charge is -2.39. The van der Waals surface area contributed by atoms with Gasteiger partial charge in [-0.2, -0.15) is 18.2 Å². The van der Waals surface area contributed by atoms with E-state index >= 15 is 0 Å². The Kier molecular flexibility index (Phi) is 7.29. The van der Waals surface area contributed by atoms with Crippen molar-refractivity contribution in [2.24, 2.45) is 4.99 Å². The van der Waals surface area contributed by atoms with Crippen LogP contribution in [0.4, 0.5) is 19.2 Å². The first-order chi connectivity index (χ1) is 18.2. The maximum atomic E-state index is 13.7. The first-order valence-corrected chi connectivity index (χ1v) is 12.8. The number of halogens is 3. The fraction of sp³-hybridized carbons (Fsp3) is 0.444. The summed E-state index contributed by atoms with van der Waals surface area (Å²) in [6.45, 7) is 2.26. The number of anilines is 1. The van der Waals surface area contributed by atoms with Crippen LogP contribution in [0.2, 0.25) is 0 Å². The summed E-state index contributed by atoms with van der Waals surface area (Å²) in [6, 6.07) is 9.39. The molecule has 2 saturated heterocycles. The normalized spacial score (nSPS) is 20.0. The molecule has 0 spiro atoms. The van der Waals surface area contributed by atoms with Crippen molar-refractivity contribution in [3.05, 3.63) is 71.4 Å². The van der Waals surface area contributed by atoms with Crippen molar-refractivity contribution in [1.29, 1.82) is 0 Å². The lowest BCUT2D eigenvalue weighted by Crippen LogP contribution is -2.45. The molecule has 0 saturated carbocycles. The molecule has 1 amide bonds. The van der Waals surface area contributed by atoms with Crippen LogP contribution in [0.15, 0.2) is 63.8 Å². The molecule has 2 fully saturated rings. The average Bonchev–Trinajstić information content (AvgIpc) is 3.27. The molecule has 0 unspecified atom stereocenters. The molecule has 0 atom stereocenters. The zero-order valence-corrected chi connectivity index (χ0v) is 20.9. The predicted octanol–water partition coefficient (Wildman–Crippen LogP) is 4.60. The maximum absolute atomic E-state index is 13.7. The van der Waals surface area contributed by atoms with E-state index in [4.69, 9.17) is 4.42 Å². The molecule has 2 N–H and O–H groups in total. The van der Waals surface area contributed by atoms with Crippen molar-refractivity contribution >= 4 is 17.8 Å². The van der Waals surface area contributed by atoms with Crippen molar-refractivity contribution < 1.29 is 27.5 Å². The molecule has 0 aliphatic carbocycles. The van der Waals surface area contributed by atoms with Crippen LogP contribution < -0.4 is 10.2 Å². The monoisotopic (exact) mass is 529 g/mol. The third-order valence-corrected chi connectivity index (χ3v) is 7.19. The first kappa shape index (κ1) is 26.0. The number of alkyl halides is 3. The number of amides is 1. The van der Waals surface area contributed by atoms with Crippen LogP contribution in [0.3, 0.4) is 0 Å². The van der Waals surface area contributed by atoms with Gasteiger partial charge < -0.3 is 24.6 Å². The van der Waals surface area contributed by atoms with Crippen LogP contribution in [0.1, 0.15) is 60.3 Å². The van der Waals surface area contributed by atoms with E-state index in [1.807, 2.05) is 30.3 Å². The summed E-state index contributed by atoms with van der Waals surface area (Å²) in [5, 5.41) is 13.6. The molecule has 11 heteroatoms. The van der Waals surface area contributed by atoms with Crippen molar-refractivity contribution in [2.45, 2.75) is 50.3 Å². The third kappa shape index (κ3) is 5.62. The minimum atomic E-state index is -4.83. The smallest absolute Gasteiger partial charge is 0.417 e. The zero-order valence-electron chi connectivity index (χ0n) is 20.9. The van der Waals surface area contributed by atoms with Crippen LogP contribution in [0.25, 0.3) is 0 Å². The summed E-state index contributed by atoms with van der Waals surface area (Å²) >= 11 is 0. The van der Waals surface area contributed by atoms with E-state index in [1.165, 1.54) is 6.20 Å². The van der Waals surface area contributed by atoms with Crippen molar-refractivity contribution in [3.8, 4) is 0 Å². The lowest BCUT2D eigenvalue weighted by atomic mass is 9.84. The van der Waals surface area contributed by atoms with Gasteiger partial charge in [0.05, 0.1) is 17.5 Å². The highest BCUT2D eigenvalue weighted by Gasteiger charge is 2.42. The molecule has 5 rings (SSSR count). The van der Waals surface area contributed by atoms with Gasteiger partial charge in [-0.25, -0.2) is 4.99 Å². The number of carbonyl (C=O) groups is 1. The summed E-state index contributed by atoms with van der Waals surface area (Å²) in [6.07, 6.45) is 4.19. The molecule has 0 bridgehead atoms. The Bertz CT molecular complexity index is 1240. The van der Waals surface area contributed by atoms with Gasteiger partial charge in [0.15, 0.2) is 5.69 Å². The predicted molar refractivity (Wildman–Crippen MR) is 135 cm³/mol. The number of allylic oxidation sites excluding steroid dienone is 1. The number of hydrogen-bond donors (Lipinski definition) is 2. The molecule has 1 aromatic heterocycles. The van der Waals surface area contributed by atoms with E-state index in [1.54, 1.807) is 17.1 Å². The van der Waals surface area contributed by atoms with E-state index in [-0.39, 0.29) is 11.7 Å². The van der Waals surface area contributed by atoms with Gasteiger partial charge >= 0.3 is 6.18 Å². The number of benzene rings is 1.